The fourth-order valence-corrected chi connectivity index (χ4v) is 4.10. The van der Waals surface area contributed by atoms with Crippen molar-refractivity contribution in [3.8, 4) is 0 Å². The first kappa shape index (κ1) is 16.6. The van der Waals surface area contributed by atoms with Crippen molar-refractivity contribution in [1.29, 1.82) is 0 Å². The van der Waals surface area contributed by atoms with Crippen molar-refractivity contribution in [2.24, 2.45) is 0 Å². The number of benzene rings is 2. The molecule has 1 aliphatic heterocycles. The molecule has 3 aromatic rings. The molecular formula is C19H17N3O3S. The number of para-hydroxylation sites is 2. The number of carbonyl (C=O) groups excluding carboxylic acids is 1. The van der Waals surface area contributed by atoms with Crippen LogP contribution in [0.15, 0.2) is 54.7 Å². The highest BCUT2D eigenvalue weighted by molar-refractivity contribution is 7.87. The van der Waals surface area contributed by atoms with Crippen LogP contribution in [0.1, 0.15) is 11.1 Å². The van der Waals surface area contributed by atoms with Gasteiger partial charge < -0.3 is 5.32 Å². The molecule has 0 atom stereocenters. The Balaban J connectivity index is 1.96. The minimum Gasteiger partial charge on any atom is -0.321 e. The Labute approximate surface area is 151 Å². The van der Waals surface area contributed by atoms with Crippen LogP contribution in [0.5, 0.6) is 0 Å². The van der Waals surface area contributed by atoms with E-state index in [1.807, 2.05) is 36.4 Å². The third-order valence-corrected chi connectivity index (χ3v) is 6.15. The second kappa shape index (κ2) is 5.82. The third kappa shape index (κ3) is 2.44. The summed E-state index contributed by atoms with van der Waals surface area (Å²) in [4.78, 5) is 12.4. The fraction of sp³-hybridized carbons (Fsp3) is 0.105. The van der Waals surface area contributed by atoms with E-state index in [2.05, 4.69) is 5.32 Å². The Bertz CT molecular complexity index is 1170. The van der Waals surface area contributed by atoms with Gasteiger partial charge in [-0.1, -0.05) is 36.4 Å². The molecule has 0 spiro atoms. The van der Waals surface area contributed by atoms with Gasteiger partial charge in [-0.05, 0) is 18.2 Å². The summed E-state index contributed by atoms with van der Waals surface area (Å²) in [5, 5.41) is 3.60. The summed E-state index contributed by atoms with van der Waals surface area (Å²) in [6, 6.07) is 14.7. The molecule has 4 rings (SSSR count). The van der Waals surface area contributed by atoms with Crippen LogP contribution in [0.2, 0.25) is 0 Å². The first-order valence-electron chi connectivity index (χ1n) is 8.05. The maximum atomic E-state index is 12.6. The van der Waals surface area contributed by atoms with Crippen LogP contribution in [0.4, 0.5) is 5.69 Å². The maximum Gasteiger partial charge on any atom is 0.307 e. The highest BCUT2D eigenvalue weighted by atomic mass is 32.2. The van der Waals surface area contributed by atoms with Gasteiger partial charge in [0.15, 0.2) is 0 Å². The van der Waals surface area contributed by atoms with Gasteiger partial charge in [0.1, 0.15) is 0 Å². The van der Waals surface area contributed by atoms with E-state index >= 15 is 0 Å². The highest BCUT2D eigenvalue weighted by Crippen LogP contribution is 2.34. The van der Waals surface area contributed by atoms with E-state index < -0.39 is 10.2 Å². The summed E-state index contributed by atoms with van der Waals surface area (Å²) in [5.41, 5.74) is 3.33. The van der Waals surface area contributed by atoms with Crippen LogP contribution < -0.4 is 5.32 Å². The zero-order valence-electron chi connectivity index (χ0n) is 14.3. The van der Waals surface area contributed by atoms with Crippen molar-refractivity contribution >= 4 is 44.4 Å². The zero-order chi connectivity index (χ0) is 18.5. The predicted molar refractivity (Wildman–Crippen MR) is 103 cm³/mol. The van der Waals surface area contributed by atoms with Crippen LogP contribution in [0.3, 0.4) is 0 Å². The average molecular weight is 367 g/mol. The largest absolute Gasteiger partial charge is 0.321 e. The SMILES string of the molecule is CN(C)S(=O)(=O)n1cc(C=C2C(=O)Nc3ccccc32)c2ccccc21. The zero-order valence-corrected chi connectivity index (χ0v) is 15.1. The van der Waals surface area contributed by atoms with Gasteiger partial charge in [0.2, 0.25) is 0 Å². The first-order chi connectivity index (χ1) is 12.4. The third-order valence-electron chi connectivity index (χ3n) is 4.43. The Morgan fingerprint density at radius 2 is 1.73 bits per heavy atom. The van der Waals surface area contributed by atoms with E-state index in [-0.39, 0.29) is 5.91 Å². The van der Waals surface area contributed by atoms with Crippen molar-refractivity contribution in [2.45, 2.75) is 0 Å². The van der Waals surface area contributed by atoms with Gasteiger partial charge in [-0.15, -0.1) is 0 Å². The van der Waals surface area contributed by atoms with E-state index in [1.165, 1.54) is 18.1 Å². The van der Waals surface area contributed by atoms with Crippen molar-refractivity contribution in [1.82, 2.24) is 8.28 Å². The molecule has 6 nitrogen and oxygen atoms in total. The number of rotatable bonds is 3. The quantitative estimate of drug-likeness (QED) is 0.724. The van der Waals surface area contributed by atoms with E-state index in [1.54, 1.807) is 24.4 Å². The van der Waals surface area contributed by atoms with Crippen molar-refractivity contribution in [2.75, 3.05) is 19.4 Å². The number of hydrogen-bond donors (Lipinski definition) is 1. The van der Waals surface area contributed by atoms with Crippen LogP contribution in [0.25, 0.3) is 22.6 Å². The molecule has 0 unspecified atom stereocenters. The minimum atomic E-state index is -3.67. The summed E-state index contributed by atoms with van der Waals surface area (Å²) < 4.78 is 27.7. The van der Waals surface area contributed by atoms with Crippen LogP contribution in [-0.4, -0.2) is 36.7 Å². The number of hydrogen-bond acceptors (Lipinski definition) is 3. The fourth-order valence-electron chi connectivity index (χ4n) is 3.09. The molecule has 26 heavy (non-hydrogen) atoms. The summed E-state index contributed by atoms with van der Waals surface area (Å²) >= 11 is 0. The van der Waals surface area contributed by atoms with E-state index in [9.17, 15) is 13.2 Å². The molecule has 132 valence electrons. The number of amides is 1. The Morgan fingerprint density at radius 1 is 1.04 bits per heavy atom. The first-order valence-corrected chi connectivity index (χ1v) is 9.45. The van der Waals surface area contributed by atoms with Crippen molar-refractivity contribution in [3.63, 3.8) is 0 Å². The lowest BCUT2D eigenvalue weighted by Gasteiger charge is -2.12. The standard InChI is InChI=1S/C19H17N3O3S/c1-21(2)26(24,25)22-12-13(14-7-4-6-10-18(14)22)11-16-15-8-3-5-9-17(15)20-19(16)23/h3-12H,1-2H3,(H,20,23). The summed E-state index contributed by atoms with van der Waals surface area (Å²) in [7, 11) is -0.692. The van der Waals surface area contributed by atoms with Gasteiger partial charge in [0.05, 0.1) is 5.52 Å². The van der Waals surface area contributed by atoms with Gasteiger partial charge in [-0.3, -0.25) is 4.79 Å². The second-order valence-corrected chi connectivity index (χ2v) is 8.26. The molecule has 1 N–H and O–H groups in total. The molecule has 0 fully saturated rings. The molecule has 2 aromatic carbocycles. The highest BCUT2D eigenvalue weighted by Gasteiger charge is 2.25. The minimum absolute atomic E-state index is 0.196. The average Bonchev–Trinajstić information content (AvgIpc) is 3.14. The number of anilines is 1. The molecule has 1 aliphatic rings. The second-order valence-electron chi connectivity index (χ2n) is 6.25. The lowest BCUT2D eigenvalue weighted by Crippen LogP contribution is -2.28. The van der Waals surface area contributed by atoms with Gasteiger partial charge in [0.25, 0.3) is 5.91 Å². The van der Waals surface area contributed by atoms with Crippen molar-refractivity contribution < 1.29 is 13.2 Å². The number of fused-ring (bicyclic) bond motifs is 2. The normalized spacial score (nSPS) is 15.7. The number of carbonyl (C=O) groups is 1. The molecule has 0 saturated heterocycles. The molecule has 0 saturated carbocycles. The van der Waals surface area contributed by atoms with Gasteiger partial charge >= 0.3 is 10.2 Å². The number of aromatic nitrogens is 1. The molecular weight excluding hydrogens is 350 g/mol. The topological polar surface area (TPSA) is 71.4 Å². The monoisotopic (exact) mass is 367 g/mol. The van der Waals surface area contributed by atoms with Crippen LogP contribution in [-0.2, 0) is 15.0 Å². The summed E-state index contributed by atoms with van der Waals surface area (Å²) in [6.45, 7) is 0. The van der Waals surface area contributed by atoms with Gasteiger partial charge in [-0.2, -0.15) is 12.7 Å². The number of nitrogens with zero attached hydrogens (tertiary/aromatic N) is 2. The molecule has 0 radical (unpaired) electrons. The predicted octanol–water partition coefficient (Wildman–Crippen LogP) is 2.79. The lowest BCUT2D eigenvalue weighted by molar-refractivity contribution is -0.110. The maximum absolute atomic E-state index is 12.6. The van der Waals surface area contributed by atoms with Crippen LogP contribution >= 0.6 is 0 Å². The summed E-state index contributed by atoms with van der Waals surface area (Å²) in [6.07, 6.45) is 3.30. The van der Waals surface area contributed by atoms with Crippen LogP contribution in [0, 0.1) is 0 Å². The van der Waals surface area contributed by atoms with Crippen molar-refractivity contribution in [3.05, 3.63) is 65.9 Å². The van der Waals surface area contributed by atoms with Gasteiger partial charge in [0, 0.05) is 48.1 Å². The molecule has 1 aromatic heterocycles. The number of nitrogens with one attached hydrogen (secondary N) is 1. The molecule has 1 amide bonds. The smallest absolute Gasteiger partial charge is 0.307 e. The molecule has 0 aliphatic carbocycles. The van der Waals surface area contributed by atoms with E-state index in [4.69, 9.17) is 0 Å². The Kier molecular flexibility index (Phi) is 3.71. The molecule has 0 bridgehead atoms. The van der Waals surface area contributed by atoms with Gasteiger partial charge in [-0.25, -0.2) is 3.97 Å². The molecule has 7 heteroatoms. The lowest BCUT2D eigenvalue weighted by atomic mass is 10.0. The summed E-state index contributed by atoms with van der Waals surface area (Å²) in [5.74, 6) is -0.196. The molecule has 2 heterocycles. The Hall–Kier alpha value is -2.90. The van der Waals surface area contributed by atoms with E-state index in [0.717, 1.165) is 20.9 Å². The van der Waals surface area contributed by atoms with E-state index in [0.29, 0.717) is 16.7 Å². The Morgan fingerprint density at radius 3 is 2.50 bits per heavy atom.